The van der Waals surface area contributed by atoms with Crippen LogP contribution in [0.1, 0.15) is 36.1 Å². The highest BCUT2D eigenvalue weighted by Crippen LogP contribution is 2.35. The number of halogens is 3. The molecule has 20 heteroatoms. The van der Waals surface area contributed by atoms with E-state index in [4.69, 9.17) is 24.7 Å². The minimum atomic E-state index is -4.75. The van der Waals surface area contributed by atoms with Gasteiger partial charge < -0.3 is 55.0 Å². The molecule has 0 saturated carbocycles. The fraction of sp³-hybridized carbons (Fsp3) is 0.444. The van der Waals surface area contributed by atoms with Gasteiger partial charge in [-0.1, -0.05) is 24.3 Å². The Morgan fingerprint density at radius 2 is 1.70 bits per heavy atom. The van der Waals surface area contributed by atoms with Crippen molar-refractivity contribution in [2.45, 2.75) is 80.8 Å². The summed E-state index contributed by atoms with van der Waals surface area (Å²) < 4.78 is 64.6. The van der Waals surface area contributed by atoms with Gasteiger partial charge in [0.15, 0.2) is 18.1 Å². The molecule has 302 valence electrons. The lowest BCUT2D eigenvalue weighted by molar-refractivity contribution is -0.274. The van der Waals surface area contributed by atoms with Crippen molar-refractivity contribution in [2.24, 2.45) is 5.73 Å². The van der Waals surface area contributed by atoms with Gasteiger partial charge in [-0.05, 0) is 60.2 Å². The number of nitrogens with zero attached hydrogens (tertiary/aromatic N) is 2. The highest BCUT2D eigenvalue weighted by atomic mass is 19.4. The van der Waals surface area contributed by atoms with Crippen LogP contribution in [0.2, 0.25) is 0 Å². The number of aliphatic hydroxyl groups excluding tert-OH is 3. The van der Waals surface area contributed by atoms with E-state index < -0.39 is 84.3 Å². The van der Waals surface area contributed by atoms with Gasteiger partial charge in [0, 0.05) is 44.7 Å². The minimum absolute atomic E-state index is 0.0377. The van der Waals surface area contributed by atoms with Crippen LogP contribution in [0.25, 0.3) is 0 Å². The molecule has 6 rings (SSSR count). The Morgan fingerprint density at radius 1 is 1.02 bits per heavy atom. The lowest BCUT2D eigenvalue weighted by Crippen LogP contribution is -2.53. The number of aromatic nitrogens is 2. The summed E-state index contributed by atoms with van der Waals surface area (Å²) in [5.74, 6) is -2.51. The first-order valence-corrected chi connectivity index (χ1v) is 17.5. The van der Waals surface area contributed by atoms with Crippen LogP contribution in [0.3, 0.4) is 0 Å². The maximum atomic E-state index is 13.1. The second kappa shape index (κ2) is 16.9. The zero-order valence-electron chi connectivity index (χ0n) is 29.7. The second-order valence-electron chi connectivity index (χ2n) is 13.4. The SMILES string of the molecule is COC1C(O)[C@@H]([C@@H](O[C@H]2OC(C(=O)NCc3ccc(N4CCC(c5ccc(OC(F)(F)F)cc5)CC4)cc3)=C[C@H](O)[C@@H]2O)C(N)=O)O[C@H]1n1ccc(=O)[nH]c1=O. The number of nitrogens with two attached hydrogens (primary N) is 1. The predicted octanol–water partition coefficient (Wildman–Crippen LogP) is 0.241. The highest BCUT2D eigenvalue weighted by molar-refractivity contribution is 5.91. The third kappa shape index (κ3) is 9.23. The quantitative estimate of drug-likeness (QED) is 0.144. The lowest BCUT2D eigenvalue weighted by atomic mass is 9.89. The number of ether oxygens (including phenoxy) is 5. The van der Waals surface area contributed by atoms with Gasteiger partial charge in [0.2, 0.25) is 12.2 Å². The van der Waals surface area contributed by atoms with Crippen LogP contribution in [0.5, 0.6) is 5.75 Å². The summed E-state index contributed by atoms with van der Waals surface area (Å²) in [7, 11) is 1.21. The van der Waals surface area contributed by atoms with E-state index in [0.29, 0.717) is 5.56 Å². The van der Waals surface area contributed by atoms with Gasteiger partial charge in [0.25, 0.3) is 11.5 Å². The van der Waals surface area contributed by atoms with E-state index in [1.54, 1.807) is 12.1 Å². The van der Waals surface area contributed by atoms with Gasteiger partial charge in [-0.25, -0.2) is 4.79 Å². The number of H-pyrrole nitrogens is 1. The molecule has 0 radical (unpaired) electrons. The molecule has 2 fully saturated rings. The van der Waals surface area contributed by atoms with Crippen LogP contribution in [0.15, 0.2) is 82.2 Å². The molecule has 4 heterocycles. The molecule has 3 aliphatic rings. The van der Waals surface area contributed by atoms with Crippen molar-refractivity contribution in [1.29, 1.82) is 0 Å². The number of anilines is 1. The topological polar surface area (TPSA) is 237 Å². The highest BCUT2D eigenvalue weighted by Gasteiger charge is 2.52. The molecular weight excluding hydrogens is 751 g/mol. The number of rotatable bonds is 12. The molecule has 17 nitrogen and oxygen atoms in total. The fourth-order valence-corrected chi connectivity index (χ4v) is 6.88. The average Bonchev–Trinajstić information content (AvgIpc) is 3.48. The molecule has 2 saturated heterocycles. The zero-order chi connectivity index (χ0) is 40.3. The number of primary amides is 1. The Kier molecular flexibility index (Phi) is 12.2. The van der Waals surface area contributed by atoms with Gasteiger partial charge in [0.1, 0.15) is 36.3 Å². The van der Waals surface area contributed by atoms with E-state index >= 15 is 0 Å². The summed E-state index contributed by atoms with van der Waals surface area (Å²) in [6.45, 7) is 1.47. The second-order valence-corrected chi connectivity index (χ2v) is 13.4. The number of methoxy groups -OCH3 is 1. The Bertz CT molecular complexity index is 2000. The lowest BCUT2D eigenvalue weighted by Gasteiger charge is -2.34. The number of amides is 2. The van der Waals surface area contributed by atoms with E-state index in [2.05, 4.69) is 15.0 Å². The summed E-state index contributed by atoms with van der Waals surface area (Å²) in [6.07, 6.45) is -14.2. The van der Waals surface area contributed by atoms with Crippen molar-refractivity contribution in [2.75, 3.05) is 25.1 Å². The number of carbonyl (C=O) groups excluding carboxylic acids is 2. The van der Waals surface area contributed by atoms with Crippen LogP contribution >= 0.6 is 0 Å². The molecule has 0 bridgehead atoms. The smallest absolute Gasteiger partial charge is 0.456 e. The molecule has 3 aromatic rings. The number of nitrogens with one attached hydrogen (secondary N) is 2. The monoisotopic (exact) mass is 791 g/mol. The Morgan fingerprint density at radius 3 is 2.30 bits per heavy atom. The van der Waals surface area contributed by atoms with Gasteiger partial charge in [-0.3, -0.25) is 23.9 Å². The number of carbonyl (C=O) groups is 2. The Balaban J connectivity index is 1.03. The molecule has 3 aliphatic heterocycles. The number of alkyl halides is 3. The summed E-state index contributed by atoms with van der Waals surface area (Å²) >= 11 is 0. The molecular formula is C36H40F3N5O12. The number of hydrogen-bond acceptors (Lipinski definition) is 13. The van der Waals surface area contributed by atoms with Crippen LogP contribution in [0, 0.1) is 0 Å². The summed E-state index contributed by atoms with van der Waals surface area (Å²) in [6, 6.07) is 14.4. The van der Waals surface area contributed by atoms with E-state index in [-0.39, 0.29) is 18.2 Å². The van der Waals surface area contributed by atoms with Crippen molar-refractivity contribution in [1.82, 2.24) is 14.9 Å². The van der Waals surface area contributed by atoms with Gasteiger partial charge in [-0.2, -0.15) is 0 Å². The molecule has 0 spiro atoms. The van der Waals surface area contributed by atoms with E-state index in [9.17, 15) is 47.7 Å². The minimum Gasteiger partial charge on any atom is -0.456 e. The molecule has 1 aromatic heterocycles. The third-order valence-electron chi connectivity index (χ3n) is 9.76. The molecule has 8 atom stereocenters. The summed E-state index contributed by atoms with van der Waals surface area (Å²) in [5.41, 5.74) is 6.58. The molecule has 0 aliphatic carbocycles. The number of aliphatic hydroxyl groups is 3. The Labute approximate surface area is 316 Å². The van der Waals surface area contributed by atoms with Crippen LogP contribution in [0.4, 0.5) is 18.9 Å². The van der Waals surface area contributed by atoms with Gasteiger partial charge in [0.05, 0.1) is 0 Å². The average molecular weight is 792 g/mol. The molecule has 7 N–H and O–H groups in total. The van der Waals surface area contributed by atoms with Crippen molar-refractivity contribution < 1.29 is 61.8 Å². The summed E-state index contributed by atoms with van der Waals surface area (Å²) in [5, 5.41) is 34.8. The standard InChI is InChI=1S/C36H40F3N5O12/c1-52-29-27(48)28(54-33(29)44-15-12-25(46)42-35(44)51)30(31(40)49)55-34-26(47)23(45)16-24(53-34)32(50)41-17-18-2-6-21(7-3-18)43-13-10-20(11-14-43)19-4-8-22(9-5-19)56-36(37,38)39/h2-9,12,15-16,20,23,26-30,33-34,45,47-48H,10-11,13-14,17H2,1H3,(H2,40,49)(H,41,50)(H,42,46,51)/t23-,26-,27?,28-,29?,30+,33+,34+/m0/s1. The first-order chi connectivity index (χ1) is 26.6. The largest absolute Gasteiger partial charge is 0.573 e. The first-order valence-electron chi connectivity index (χ1n) is 17.5. The van der Waals surface area contributed by atoms with Gasteiger partial charge >= 0.3 is 12.1 Å². The molecule has 2 unspecified atom stereocenters. The zero-order valence-corrected chi connectivity index (χ0v) is 29.7. The van der Waals surface area contributed by atoms with Crippen molar-refractivity contribution in [3.05, 3.63) is 105 Å². The molecule has 2 amide bonds. The van der Waals surface area contributed by atoms with E-state index in [1.807, 2.05) is 29.2 Å². The maximum absolute atomic E-state index is 13.1. The fourth-order valence-electron chi connectivity index (χ4n) is 6.88. The number of piperidine rings is 1. The Hall–Kier alpha value is -5.25. The predicted molar refractivity (Wildman–Crippen MR) is 187 cm³/mol. The van der Waals surface area contributed by atoms with Crippen LogP contribution < -0.4 is 31.9 Å². The molecule has 56 heavy (non-hydrogen) atoms. The first kappa shape index (κ1) is 40.4. The number of hydrogen-bond donors (Lipinski definition) is 6. The van der Waals surface area contributed by atoms with Crippen molar-refractivity contribution >= 4 is 17.5 Å². The van der Waals surface area contributed by atoms with Crippen molar-refractivity contribution in [3.63, 3.8) is 0 Å². The van der Waals surface area contributed by atoms with Crippen LogP contribution in [-0.4, -0.2) is 106 Å². The normalized spacial score (nSPS) is 26.2. The number of benzene rings is 2. The van der Waals surface area contributed by atoms with Gasteiger partial charge in [-0.15, -0.1) is 13.2 Å². The maximum Gasteiger partial charge on any atom is 0.573 e. The molecule has 2 aromatic carbocycles. The summed E-state index contributed by atoms with van der Waals surface area (Å²) in [4.78, 5) is 53.9. The van der Waals surface area contributed by atoms with Crippen molar-refractivity contribution in [3.8, 4) is 5.75 Å². The van der Waals surface area contributed by atoms with Crippen LogP contribution in [-0.2, 0) is 35.1 Å². The van der Waals surface area contributed by atoms with E-state index in [1.165, 1.54) is 19.2 Å². The third-order valence-corrected chi connectivity index (χ3v) is 9.76. The van der Waals surface area contributed by atoms with E-state index in [0.717, 1.165) is 60.1 Å². The number of aromatic amines is 1.